The van der Waals surface area contributed by atoms with E-state index in [9.17, 15) is 17.2 Å². The molecule has 1 heterocycles. The van der Waals surface area contributed by atoms with Crippen LogP contribution >= 0.6 is 0 Å². The van der Waals surface area contributed by atoms with Crippen LogP contribution in [-0.4, -0.2) is 27.5 Å². The first-order valence-electron chi connectivity index (χ1n) is 6.18. The molecule has 1 aromatic carbocycles. The maximum absolute atomic E-state index is 13.4. The number of hydrogen-bond donors (Lipinski definition) is 2. The van der Waals surface area contributed by atoms with E-state index in [-0.39, 0.29) is 12.6 Å². The predicted molar refractivity (Wildman–Crippen MR) is 67.2 cm³/mol. The number of piperidine rings is 1. The van der Waals surface area contributed by atoms with Crippen molar-refractivity contribution in [3.8, 4) is 0 Å². The summed E-state index contributed by atoms with van der Waals surface area (Å²) < 4.78 is 52.9. The van der Waals surface area contributed by atoms with E-state index in [1.54, 1.807) is 0 Å². The zero-order valence-electron chi connectivity index (χ0n) is 10.3. The van der Waals surface area contributed by atoms with E-state index in [1.165, 1.54) is 0 Å². The lowest BCUT2D eigenvalue weighted by molar-refractivity contribution is 0.397. The van der Waals surface area contributed by atoms with Gasteiger partial charge in [-0.2, -0.15) is 0 Å². The quantitative estimate of drug-likeness (QED) is 0.881. The molecule has 1 aliphatic rings. The summed E-state index contributed by atoms with van der Waals surface area (Å²) in [5, 5.41) is 3.16. The highest BCUT2D eigenvalue weighted by Crippen LogP contribution is 2.18. The molecule has 7 heteroatoms. The van der Waals surface area contributed by atoms with Gasteiger partial charge in [0.2, 0.25) is 10.0 Å². The summed E-state index contributed by atoms with van der Waals surface area (Å²) in [5.41, 5.74) is 0. The van der Waals surface area contributed by atoms with Gasteiger partial charge in [-0.3, -0.25) is 0 Å². The molecule has 19 heavy (non-hydrogen) atoms. The number of benzene rings is 1. The average molecular weight is 290 g/mol. The smallest absolute Gasteiger partial charge is 0.246 e. The van der Waals surface area contributed by atoms with E-state index in [2.05, 4.69) is 10.0 Å². The summed E-state index contributed by atoms with van der Waals surface area (Å²) in [7, 11) is -4.16. The van der Waals surface area contributed by atoms with Crippen molar-refractivity contribution < 1.29 is 17.2 Å². The van der Waals surface area contributed by atoms with Gasteiger partial charge in [-0.15, -0.1) is 0 Å². The Morgan fingerprint density at radius 3 is 2.53 bits per heavy atom. The average Bonchev–Trinajstić information content (AvgIpc) is 2.37. The highest BCUT2D eigenvalue weighted by atomic mass is 32.2. The summed E-state index contributed by atoms with van der Waals surface area (Å²) in [4.78, 5) is -0.911. The second-order valence-electron chi connectivity index (χ2n) is 4.55. The maximum Gasteiger partial charge on any atom is 0.246 e. The summed E-state index contributed by atoms with van der Waals surface area (Å²) in [6.07, 6.45) is 2.93. The molecule has 0 aromatic heterocycles. The van der Waals surface area contributed by atoms with Gasteiger partial charge < -0.3 is 5.32 Å². The van der Waals surface area contributed by atoms with Crippen LogP contribution < -0.4 is 10.0 Å². The van der Waals surface area contributed by atoms with Crippen LogP contribution in [0.3, 0.4) is 0 Å². The number of nitrogens with one attached hydrogen (secondary N) is 2. The fourth-order valence-corrected chi connectivity index (χ4v) is 3.33. The van der Waals surface area contributed by atoms with E-state index in [0.717, 1.165) is 44.0 Å². The Morgan fingerprint density at radius 1 is 1.26 bits per heavy atom. The zero-order chi connectivity index (χ0) is 13.9. The molecule has 0 saturated carbocycles. The van der Waals surface area contributed by atoms with Crippen LogP contribution in [-0.2, 0) is 10.0 Å². The topological polar surface area (TPSA) is 58.2 Å². The van der Waals surface area contributed by atoms with E-state index in [1.807, 2.05) is 0 Å². The van der Waals surface area contributed by atoms with E-state index < -0.39 is 26.6 Å². The molecule has 0 radical (unpaired) electrons. The third-order valence-corrected chi connectivity index (χ3v) is 4.59. The highest BCUT2D eigenvalue weighted by molar-refractivity contribution is 7.89. The lowest BCUT2D eigenvalue weighted by atomic mass is 10.1. The molecule has 0 amide bonds. The van der Waals surface area contributed by atoms with Crippen LogP contribution in [0, 0.1) is 11.6 Å². The number of halogens is 2. The van der Waals surface area contributed by atoms with Crippen molar-refractivity contribution in [2.45, 2.75) is 30.2 Å². The van der Waals surface area contributed by atoms with Crippen molar-refractivity contribution in [1.29, 1.82) is 0 Å². The largest absolute Gasteiger partial charge is 0.313 e. The van der Waals surface area contributed by atoms with Gasteiger partial charge in [-0.25, -0.2) is 21.9 Å². The van der Waals surface area contributed by atoms with Gasteiger partial charge in [0.1, 0.15) is 11.6 Å². The first-order chi connectivity index (χ1) is 9.00. The van der Waals surface area contributed by atoms with Gasteiger partial charge in [0.15, 0.2) is 4.90 Å². The van der Waals surface area contributed by atoms with E-state index >= 15 is 0 Å². The molecule has 106 valence electrons. The molecule has 1 unspecified atom stereocenters. The van der Waals surface area contributed by atoms with Crippen LogP contribution in [0.25, 0.3) is 0 Å². The summed E-state index contributed by atoms with van der Waals surface area (Å²) in [5.74, 6) is -2.16. The van der Waals surface area contributed by atoms with Crippen molar-refractivity contribution in [1.82, 2.24) is 10.0 Å². The third kappa shape index (κ3) is 3.49. The van der Waals surface area contributed by atoms with Gasteiger partial charge in [-0.1, -0.05) is 12.5 Å². The molecule has 1 atom stereocenters. The SMILES string of the molecule is O=S(=O)(NCC1CCCCN1)c1c(F)cccc1F. The fourth-order valence-electron chi connectivity index (χ4n) is 2.12. The van der Waals surface area contributed by atoms with Gasteiger partial charge in [0, 0.05) is 12.6 Å². The van der Waals surface area contributed by atoms with Crippen molar-refractivity contribution in [3.05, 3.63) is 29.8 Å². The Labute approximate surface area is 111 Å². The molecule has 1 aliphatic heterocycles. The lowest BCUT2D eigenvalue weighted by Crippen LogP contribution is -2.43. The van der Waals surface area contributed by atoms with E-state index in [0.29, 0.717) is 0 Å². The summed E-state index contributed by atoms with van der Waals surface area (Å²) >= 11 is 0. The zero-order valence-corrected chi connectivity index (χ0v) is 11.1. The number of hydrogen-bond acceptors (Lipinski definition) is 3. The molecule has 1 saturated heterocycles. The van der Waals surface area contributed by atoms with E-state index in [4.69, 9.17) is 0 Å². The second kappa shape index (κ2) is 5.94. The number of sulfonamides is 1. The Hall–Kier alpha value is -1.05. The number of rotatable bonds is 4. The van der Waals surface area contributed by atoms with Gasteiger partial charge in [0.25, 0.3) is 0 Å². The Kier molecular flexibility index (Phi) is 4.49. The van der Waals surface area contributed by atoms with Crippen molar-refractivity contribution in [2.75, 3.05) is 13.1 Å². The Bertz CT molecular complexity index is 522. The normalized spacial score (nSPS) is 20.4. The van der Waals surface area contributed by atoms with Crippen LogP contribution in [0.2, 0.25) is 0 Å². The molecule has 2 N–H and O–H groups in total. The van der Waals surface area contributed by atoms with Gasteiger partial charge >= 0.3 is 0 Å². The van der Waals surface area contributed by atoms with Crippen LogP contribution in [0.1, 0.15) is 19.3 Å². The van der Waals surface area contributed by atoms with Crippen molar-refractivity contribution >= 4 is 10.0 Å². The predicted octanol–water partition coefficient (Wildman–Crippen LogP) is 1.39. The minimum absolute atomic E-state index is 0.0124. The molecular weight excluding hydrogens is 274 g/mol. The summed E-state index contributed by atoms with van der Waals surface area (Å²) in [6.45, 7) is 0.969. The Balaban J connectivity index is 2.09. The van der Waals surface area contributed by atoms with Crippen LogP contribution in [0.4, 0.5) is 8.78 Å². The van der Waals surface area contributed by atoms with Crippen molar-refractivity contribution in [2.24, 2.45) is 0 Å². The van der Waals surface area contributed by atoms with Crippen LogP contribution in [0.5, 0.6) is 0 Å². The minimum Gasteiger partial charge on any atom is -0.313 e. The van der Waals surface area contributed by atoms with Gasteiger partial charge in [-0.05, 0) is 31.5 Å². The Morgan fingerprint density at radius 2 is 1.95 bits per heavy atom. The highest BCUT2D eigenvalue weighted by Gasteiger charge is 2.24. The summed E-state index contributed by atoms with van der Waals surface area (Å²) in [6, 6.07) is 3.00. The first-order valence-corrected chi connectivity index (χ1v) is 7.66. The van der Waals surface area contributed by atoms with Crippen LogP contribution in [0.15, 0.2) is 23.1 Å². The third-order valence-electron chi connectivity index (χ3n) is 3.12. The van der Waals surface area contributed by atoms with Gasteiger partial charge in [0.05, 0.1) is 0 Å². The molecular formula is C12H16F2N2O2S. The first kappa shape index (κ1) is 14.4. The van der Waals surface area contributed by atoms with Crippen molar-refractivity contribution in [3.63, 3.8) is 0 Å². The lowest BCUT2D eigenvalue weighted by Gasteiger charge is -2.23. The fraction of sp³-hybridized carbons (Fsp3) is 0.500. The molecule has 4 nitrogen and oxygen atoms in total. The molecule has 2 rings (SSSR count). The maximum atomic E-state index is 13.4. The molecule has 1 fully saturated rings. The molecule has 1 aromatic rings. The standard InChI is InChI=1S/C12H16F2N2O2S/c13-10-5-3-6-11(14)12(10)19(17,18)16-8-9-4-1-2-7-15-9/h3,5-6,9,15-16H,1-2,4,7-8H2. The molecule has 0 aliphatic carbocycles. The molecule has 0 bridgehead atoms. The second-order valence-corrected chi connectivity index (χ2v) is 6.25. The molecule has 0 spiro atoms. The minimum atomic E-state index is -4.16. The monoisotopic (exact) mass is 290 g/mol.